The van der Waals surface area contributed by atoms with Crippen molar-refractivity contribution in [3.8, 4) is 6.07 Å². The first-order chi connectivity index (χ1) is 9.10. The number of nitrogens with zero attached hydrogens (tertiary/aromatic N) is 1. The van der Waals surface area contributed by atoms with E-state index in [2.05, 4.69) is 6.07 Å². The van der Waals surface area contributed by atoms with E-state index in [-0.39, 0.29) is 17.6 Å². The monoisotopic (exact) mass is 256 g/mol. The number of hydrogen-bond acceptors (Lipinski definition) is 4. The molecule has 2 unspecified atom stereocenters. The Kier molecular flexibility index (Phi) is 3.66. The van der Waals surface area contributed by atoms with Crippen LogP contribution in [0.25, 0.3) is 0 Å². The van der Waals surface area contributed by atoms with Gasteiger partial charge in [-0.15, -0.1) is 0 Å². The Morgan fingerprint density at radius 2 is 2.21 bits per heavy atom. The highest BCUT2D eigenvalue weighted by atomic mass is 16.5. The lowest BCUT2D eigenvalue weighted by molar-refractivity contribution is -0.117. The molecule has 4 nitrogen and oxygen atoms in total. The summed E-state index contributed by atoms with van der Waals surface area (Å²) >= 11 is 0. The number of carbonyl (C=O) groups excluding carboxylic acids is 1. The molecule has 4 heteroatoms. The number of ether oxygens (including phenoxy) is 1. The van der Waals surface area contributed by atoms with Crippen LogP contribution in [-0.4, -0.2) is 18.3 Å². The predicted molar refractivity (Wildman–Crippen MR) is 70.8 cm³/mol. The topological polar surface area (TPSA) is 73.9 Å². The predicted octanol–water partition coefficient (Wildman–Crippen LogP) is 2.66. The third-order valence-electron chi connectivity index (χ3n) is 3.67. The van der Waals surface area contributed by atoms with E-state index >= 15 is 0 Å². The fourth-order valence-electron chi connectivity index (χ4n) is 2.51. The van der Waals surface area contributed by atoms with E-state index in [9.17, 15) is 10.1 Å². The van der Waals surface area contributed by atoms with E-state index in [4.69, 9.17) is 10.1 Å². The standard InChI is InChI=1S/C15H16N2O2/c1-11(18)7-8-15(10-16)13(9-19-14(15)17)12-5-3-2-4-6-12/h2-6,13,17H,7-9H2,1H3. The highest BCUT2D eigenvalue weighted by Gasteiger charge is 2.50. The van der Waals surface area contributed by atoms with E-state index in [1.54, 1.807) is 0 Å². The molecule has 0 aliphatic carbocycles. The Morgan fingerprint density at radius 1 is 1.53 bits per heavy atom. The van der Waals surface area contributed by atoms with E-state index in [0.717, 1.165) is 5.56 Å². The molecule has 2 rings (SSSR count). The number of ketones is 1. The van der Waals surface area contributed by atoms with Crippen LogP contribution in [0.1, 0.15) is 31.2 Å². The van der Waals surface area contributed by atoms with Crippen LogP contribution in [-0.2, 0) is 9.53 Å². The highest BCUT2D eigenvalue weighted by Crippen LogP contribution is 2.45. The largest absolute Gasteiger partial charge is 0.479 e. The fourth-order valence-corrected chi connectivity index (χ4v) is 2.51. The number of nitrogens with one attached hydrogen (secondary N) is 1. The van der Waals surface area contributed by atoms with Crippen molar-refractivity contribution in [1.82, 2.24) is 0 Å². The maximum absolute atomic E-state index is 11.2. The molecule has 1 aromatic carbocycles. The van der Waals surface area contributed by atoms with E-state index in [1.165, 1.54) is 6.92 Å². The molecule has 0 aromatic heterocycles. The van der Waals surface area contributed by atoms with Crippen molar-refractivity contribution in [2.24, 2.45) is 5.41 Å². The molecule has 1 saturated heterocycles. The van der Waals surface area contributed by atoms with E-state index < -0.39 is 5.41 Å². The molecule has 1 fully saturated rings. The Bertz CT molecular complexity index is 533. The molecule has 1 aliphatic rings. The zero-order valence-electron chi connectivity index (χ0n) is 10.8. The van der Waals surface area contributed by atoms with Crippen LogP contribution in [0.15, 0.2) is 30.3 Å². The summed E-state index contributed by atoms with van der Waals surface area (Å²) in [6.45, 7) is 1.83. The van der Waals surface area contributed by atoms with Crippen LogP contribution < -0.4 is 0 Å². The number of rotatable bonds is 4. The minimum absolute atomic E-state index is 0.00916. The minimum atomic E-state index is -1.01. The summed E-state index contributed by atoms with van der Waals surface area (Å²) in [6, 6.07) is 11.8. The summed E-state index contributed by atoms with van der Waals surface area (Å²) in [6.07, 6.45) is 0.639. The van der Waals surface area contributed by atoms with Gasteiger partial charge in [0.05, 0.1) is 12.7 Å². The van der Waals surface area contributed by atoms with Crippen molar-refractivity contribution in [2.45, 2.75) is 25.7 Å². The summed E-state index contributed by atoms with van der Waals surface area (Å²) in [5.41, 5.74) is -0.0256. The van der Waals surface area contributed by atoms with Crippen LogP contribution >= 0.6 is 0 Å². The van der Waals surface area contributed by atoms with Crippen LogP contribution in [0.3, 0.4) is 0 Å². The van der Waals surface area contributed by atoms with Gasteiger partial charge >= 0.3 is 0 Å². The molecule has 1 heterocycles. The molecular weight excluding hydrogens is 240 g/mol. The summed E-state index contributed by atoms with van der Waals surface area (Å²) in [5.74, 6) is -0.156. The quantitative estimate of drug-likeness (QED) is 0.899. The van der Waals surface area contributed by atoms with Gasteiger partial charge in [0.1, 0.15) is 11.2 Å². The Hall–Kier alpha value is -2.15. The van der Waals surface area contributed by atoms with Gasteiger partial charge in [-0.25, -0.2) is 0 Å². The second-order valence-electron chi connectivity index (χ2n) is 4.89. The molecule has 1 aliphatic heterocycles. The molecule has 0 spiro atoms. The Morgan fingerprint density at radius 3 is 2.79 bits per heavy atom. The van der Waals surface area contributed by atoms with Crippen molar-refractivity contribution in [2.75, 3.05) is 6.61 Å². The van der Waals surface area contributed by atoms with Crippen LogP contribution in [0.2, 0.25) is 0 Å². The third kappa shape index (κ3) is 2.37. The maximum atomic E-state index is 11.2. The SMILES string of the molecule is CC(=O)CCC1(C#N)C(=N)OCC1c1ccccc1. The van der Waals surface area contributed by atoms with Crippen molar-refractivity contribution >= 4 is 11.7 Å². The first-order valence-electron chi connectivity index (χ1n) is 6.27. The van der Waals surface area contributed by atoms with Gasteiger partial charge in [0, 0.05) is 12.3 Å². The van der Waals surface area contributed by atoms with Gasteiger partial charge in [0.15, 0.2) is 0 Å². The van der Waals surface area contributed by atoms with Gasteiger partial charge in [-0.05, 0) is 18.9 Å². The summed E-state index contributed by atoms with van der Waals surface area (Å²) in [7, 11) is 0. The smallest absolute Gasteiger partial charge is 0.202 e. The first kappa shape index (κ1) is 13.3. The minimum Gasteiger partial charge on any atom is -0.479 e. The first-order valence-corrected chi connectivity index (χ1v) is 6.27. The Labute approximate surface area is 112 Å². The number of carbonyl (C=O) groups is 1. The molecule has 98 valence electrons. The van der Waals surface area contributed by atoms with Crippen LogP contribution in [0.4, 0.5) is 0 Å². The average Bonchev–Trinajstić information content (AvgIpc) is 2.75. The number of Topliss-reactive ketones (excluding diaryl/α,β-unsaturated/α-hetero) is 1. The van der Waals surface area contributed by atoms with Crippen molar-refractivity contribution in [1.29, 1.82) is 10.7 Å². The lowest BCUT2D eigenvalue weighted by Gasteiger charge is -2.25. The van der Waals surface area contributed by atoms with Gasteiger partial charge < -0.3 is 9.53 Å². The van der Waals surface area contributed by atoms with E-state index in [0.29, 0.717) is 19.4 Å². The maximum Gasteiger partial charge on any atom is 0.202 e. The molecule has 0 saturated carbocycles. The molecule has 1 aromatic rings. The highest BCUT2D eigenvalue weighted by molar-refractivity contribution is 5.87. The molecule has 0 amide bonds. The van der Waals surface area contributed by atoms with E-state index in [1.807, 2.05) is 30.3 Å². The summed E-state index contributed by atoms with van der Waals surface area (Å²) in [4.78, 5) is 11.2. The Balaban J connectivity index is 2.35. The molecule has 2 atom stereocenters. The molecule has 0 radical (unpaired) electrons. The number of benzene rings is 1. The van der Waals surface area contributed by atoms with Crippen molar-refractivity contribution < 1.29 is 9.53 Å². The van der Waals surface area contributed by atoms with Gasteiger partial charge in [0.25, 0.3) is 0 Å². The second kappa shape index (κ2) is 5.23. The molecule has 1 N–H and O–H groups in total. The normalized spacial score (nSPS) is 25.7. The second-order valence-corrected chi connectivity index (χ2v) is 4.89. The lowest BCUT2D eigenvalue weighted by Crippen LogP contribution is -2.30. The third-order valence-corrected chi connectivity index (χ3v) is 3.67. The number of nitriles is 1. The molecule has 19 heavy (non-hydrogen) atoms. The zero-order chi connectivity index (χ0) is 13.9. The van der Waals surface area contributed by atoms with Crippen LogP contribution in [0.5, 0.6) is 0 Å². The zero-order valence-corrected chi connectivity index (χ0v) is 10.8. The van der Waals surface area contributed by atoms with Crippen molar-refractivity contribution in [3.63, 3.8) is 0 Å². The van der Waals surface area contributed by atoms with Crippen LogP contribution in [0, 0.1) is 22.2 Å². The van der Waals surface area contributed by atoms with Crippen molar-refractivity contribution in [3.05, 3.63) is 35.9 Å². The van der Waals surface area contributed by atoms with Gasteiger partial charge in [-0.3, -0.25) is 5.41 Å². The average molecular weight is 256 g/mol. The lowest BCUT2D eigenvalue weighted by atomic mass is 9.71. The summed E-state index contributed by atoms with van der Waals surface area (Å²) in [5, 5.41) is 17.5. The van der Waals surface area contributed by atoms with Gasteiger partial charge in [-0.1, -0.05) is 30.3 Å². The van der Waals surface area contributed by atoms with Gasteiger partial charge in [0.2, 0.25) is 5.90 Å². The molecular formula is C15H16N2O2. The fraction of sp³-hybridized carbons (Fsp3) is 0.400. The summed E-state index contributed by atoms with van der Waals surface area (Å²) < 4.78 is 5.31. The number of hydrogen-bond donors (Lipinski definition) is 1. The van der Waals surface area contributed by atoms with Gasteiger partial charge in [-0.2, -0.15) is 5.26 Å². The molecule has 0 bridgehead atoms.